The zero-order valence-corrected chi connectivity index (χ0v) is 24.2. The van der Waals surface area contributed by atoms with Gasteiger partial charge in [0, 0.05) is 6.42 Å². The fraction of sp³-hybridized carbons (Fsp3) is 0.727. The number of rotatable bonds is 26. The molecule has 0 saturated heterocycles. The van der Waals surface area contributed by atoms with Gasteiger partial charge in [0.15, 0.2) is 0 Å². The van der Waals surface area contributed by atoms with Crippen molar-refractivity contribution in [3.8, 4) is 0 Å². The van der Waals surface area contributed by atoms with Gasteiger partial charge in [-0.15, -0.1) is 0 Å². The third kappa shape index (κ3) is 25.8. The van der Waals surface area contributed by atoms with E-state index in [-0.39, 0.29) is 12.5 Å². The van der Waals surface area contributed by atoms with Crippen LogP contribution in [0.2, 0.25) is 0 Å². The van der Waals surface area contributed by atoms with Crippen molar-refractivity contribution in [2.24, 2.45) is 0 Å². The Morgan fingerprint density at radius 3 is 1.78 bits per heavy atom. The lowest BCUT2D eigenvalue weighted by atomic mass is 10.1. The van der Waals surface area contributed by atoms with Crippen LogP contribution in [-0.2, 0) is 4.79 Å². The first-order valence-electron chi connectivity index (χ1n) is 15.4. The molecule has 0 rings (SSSR count). The molecule has 0 aliphatic carbocycles. The second-order valence-corrected chi connectivity index (χ2v) is 10.2. The number of aliphatic hydroxyl groups is 2. The highest BCUT2D eigenvalue weighted by Gasteiger charge is 2.17. The van der Waals surface area contributed by atoms with Gasteiger partial charge < -0.3 is 15.5 Å². The largest absolute Gasteiger partial charge is 0.394 e. The molecule has 0 aromatic rings. The zero-order chi connectivity index (χ0) is 27.2. The van der Waals surface area contributed by atoms with Crippen molar-refractivity contribution in [1.29, 1.82) is 0 Å². The van der Waals surface area contributed by atoms with Crippen molar-refractivity contribution < 1.29 is 15.0 Å². The van der Waals surface area contributed by atoms with Crippen molar-refractivity contribution in [3.63, 3.8) is 0 Å². The van der Waals surface area contributed by atoms with E-state index in [1.54, 1.807) is 6.08 Å². The fourth-order valence-electron chi connectivity index (χ4n) is 4.12. The summed E-state index contributed by atoms with van der Waals surface area (Å²) < 4.78 is 0. The predicted octanol–water partition coefficient (Wildman–Crippen LogP) is 8.50. The van der Waals surface area contributed by atoms with E-state index in [0.717, 1.165) is 44.9 Å². The maximum atomic E-state index is 12.2. The monoisotopic (exact) mass is 517 g/mol. The van der Waals surface area contributed by atoms with Gasteiger partial charge in [0.05, 0.1) is 18.8 Å². The molecule has 0 saturated carbocycles. The molecule has 4 nitrogen and oxygen atoms in total. The first kappa shape index (κ1) is 35.4. The van der Waals surface area contributed by atoms with Gasteiger partial charge in [0.2, 0.25) is 5.91 Å². The van der Waals surface area contributed by atoms with Crippen molar-refractivity contribution in [2.75, 3.05) is 6.61 Å². The van der Waals surface area contributed by atoms with E-state index in [2.05, 4.69) is 55.6 Å². The van der Waals surface area contributed by atoms with E-state index in [1.807, 2.05) is 6.08 Å². The first-order valence-corrected chi connectivity index (χ1v) is 15.4. The second kappa shape index (κ2) is 28.9. The third-order valence-corrected chi connectivity index (χ3v) is 6.56. The van der Waals surface area contributed by atoms with Crippen LogP contribution in [0.5, 0.6) is 0 Å². The van der Waals surface area contributed by atoms with Gasteiger partial charge in [-0.1, -0.05) is 120 Å². The van der Waals surface area contributed by atoms with Crippen LogP contribution in [0.15, 0.2) is 48.6 Å². The molecule has 4 heteroatoms. The highest BCUT2D eigenvalue weighted by atomic mass is 16.3. The predicted molar refractivity (Wildman–Crippen MR) is 161 cm³/mol. The summed E-state index contributed by atoms with van der Waals surface area (Å²) in [6.07, 6.45) is 37.5. The molecule has 0 fully saturated rings. The first-order chi connectivity index (χ1) is 18.2. The van der Waals surface area contributed by atoms with Crippen LogP contribution in [-0.4, -0.2) is 34.9 Å². The summed E-state index contributed by atoms with van der Waals surface area (Å²) in [4.78, 5) is 12.2. The van der Waals surface area contributed by atoms with Crippen LogP contribution in [0, 0.1) is 0 Å². The van der Waals surface area contributed by atoms with E-state index >= 15 is 0 Å². The van der Waals surface area contributed by atoms with Crippen LogP contribution in [0.4, 0.5) is 0 Å². The number of hydrogen-bond acceptors (Lipinski definition) is 3. The SMILES string of the molecule is CCCCC/C=C\C=C/CCCCCCCCC(=O)NC(CO)C(O)/C=C/CC/C=C/CCCCCC. The van der Waals surface area contributed by atoms with Crippen molar-refractivity contribution >= 4 is 5.91 Å². The van der Waals surface area contributed by atoms with Crippen LogP contribution >= 0.6 is 0 Å². The molecule has 0 spiro atoms. The highest BCUT2D eigenvalue weighted by Crippen LogP contribution is 2.10. The van der Waals surface area contributed by atoms with Gasteiger partial charge in [-0.25, -0.2) is 0 Å². The summed E-state index contributed by atoms with van der Waals surface area (Å²) in [5.41, 5.74) is 0. The molecule has 3 N–H and O–H groups in total. The van der Waals surface area contributed by atoms with Crippen LogP contribution in [0.3, 0.4) is 0 Å². The molecular formula is C33H59NO3. The van der Waals surface area contributed by atoms with Gasteiger partial charge in [-0.05, 0) is 57.8 Å². The Hall–Kier alpha value is -1.65. The molecule has 0 heterocycles. The van der Waals surface area contributed by atoms with Gasteiger partial charge in [0.1, 0.15) is 0 Å². The highest BCUT2D eigenvalue weighted by molar-refractivity contribution is 5.76. The van der Waals surface area contributed by atoms with Gasteiger partial charge in [-0.3, -0.25) is 4.79 Å². The molecule has 2 unspecified atom stereocenters. The lowest BCUT2D eigenvalue weighted by Gasteiger charge is -2.19. The maximum Gasteiger partial charge on any atom is 0.220 e. The molecule has 2 atom stereocenters. The second-order valence-electron chi connectivity index (χ2n) is 10.2. The summed E-state index contributed by atoms with van der Waals surface area (Å²) in [6.45, 7) is 4.19. The molecule has 0 radical (unpaired) electrons. The van der Waals surface area contributed by atoms with Gasteiger partial charge >= 0.3 is 0 Å². The number of carbonyl (C=O) groups is 1. The molecule has 0 aliphatic heterocycles. The molecule has 0 aromatic heterocycles. The normalized spacial score (nSPS) is 13.9. The standard InChI is InChI=1S/C33H59NO3/c1-3-5-7-9-11-13-15-16-17-18-19-21-23-25-27-29-33(37)34-31(30-35)32(36)28-26-24-22-20-14-12-10-8-6-4-2/h11,13-16,20,26,28,31-32,35-36H,3-10,12,17-19,21-25,27,29-30H2,1-2H3,(H,34,37)/b13-11-,16-15-,20-14+,28-26+. The Labute approximate surface area is 229 Å². The lowest BCUT2D eigenvalue weighted by Crippen LogP contribution is -2.45. The Balaban J connectivity index is 3.76. The number of hydrogen-bond donors (Lipinski definition) is 3. The van der Waals surface area contributed by atoms with E-state index in [4.69, 9.17) is 0 Å². The number of nitrogens with one attached hydrogen (secondary N) is 1. The summed E-state index contributed by atoms with van der Waals surface area (Å²) in [6, 6.07) is -0.642. The quantitative estimate of drug-likeness (QED) is 0.0612. The Bertz CT molecular complexity index is 609. The van der Waals surface area contributed by atoms with Crippen LogP contribution in [0.25, 0.3) is 0 Å². The molecule has 0 bridgehead atoms. The average molecular weight is 518 g/mol. The summed E-state index contributed by atoms with van der Waals surface area (Å²) in [7, 11) is 0. The molecular weight excluding hydrogens is 458 g/mol. The molecule has 1 amide bonds. The average Bonchev–Trinajstić information content (AvgIpc) is 2.90. The minimum atomic E-state index is -0.863. The minimum absolute atomic E-state index is 0.0922. The number of carbonyl (C=O) groups excluding carboxylic acids is 1. The van der Waals surface area contributed by atoms with E-state index in [1.165, 1.54) is 70.6 Å². The van der Waals surface area contributed by atoms with Crippen molar-refractivity contribution in [2.45, 2.75) is 148 Å². The summed E-state index contributed by atoms with van der Waals surface area (Å²) >= 11 is 0. The lowest BCUT2D eigenvalue weighted by molar-refractivity contribution is -0.123. The third-order valence-electron chi connectivity index (χ3n) is 6.56. The van der Waals surface area contributed by atoms with Gasteiger partial charge in [-0.2, -0.15) is 0 Å². The molecule has 37 heavy (non-hydrogen) atoms. The molecule has 214 valence electrons. The fourth-order valence-corrected chi connectivity index (χ4v) is 4.12. The summed E-state index contributed by atoms with van der Waals surface area (Å²) in [5, 5.41) is 22.7. The molecule has 0 aromatic carbocycles. The Morgan fingerprint density at radius 1 is 0.649 bits per heavy atom. The zero-order valence-electron chi connectivity index (χ0n) is 24.2. The Morgan fingerprint density at radius 2 is 1.14 bits per heavy atom. The topological polar surface area (TPSA) is 69.6 Å². The van der Waals surface area contributed by atoms with E-state index in [0.29, 0.717) is 6.42 Å². The number of unbranched alkanes of at least 4 members (excludes halogenated alkanes) is 14. The minimum Gasteiger partial charge on any atom is -0.394 e. The van der Waals surface area contributed by atoms with E-state index in [9.17, 15) is 15.0 Å². The van der Waals surface area contributed by atoms with Crippen molar-refractivity contribution in [3.05, 3.63) is 48.6 Å². The number of allylic oxidation sites excluding steroid dienone is 7. The van der Waals surface area contributed by atoms with Crippen LogP contribution < -0.4 is 5.32 Å². The number of amides is 1. The Kier molecular flexibility index (Phi) is 27.6. The van der Waals surface area contributed by atoms with Gasteiger partial charge in [0.25, 0.3) is 0 Å². The smallest absolute Gasteiger partial charge is 0.220 e. The maximum absolute atomic E-state index is 12.2. The van der Waals surface area contributed by atoms with E-state index < -0.39 is 12.1 Å². The van der Waals surface area contributed by atoms with Crippen molar-refractivity contribution in [1.82, 2.24) is 5.32 Å². The summed E-state index contributed by atoms with van der Waals surface area (Å²) in [5.74, 6) is -0.0922. The molecule has 0 aliphatic rings. The van der Waals surface area contributed by atoms with Crippen LogP contribution in [0.1, 0.15) is 136 Å². The number of aliphatic hydroxyl groups excluding tert-OH is 2.